The van der Waals surface area contributed by atoms with Crippen LogP contribution in [0.5, 0.6) is 0 Å². The van der Waals surface area contributed by atoms with Crippen LogP contribution in [0.4, 0.5) is 0 Å². The van der Waals surface area contributed by atoms with E-state index in [1.807, 2.05) is 6.92 Å². The first-order valence-corrected chi connectivity index (χ1v) is 7.39. The van der Waals surface area contributed by atoms with Gasteiger partial charge in [-0.15, -0.1) is 0 Å². The van der Waals surface area contributed by atoms with E-state index in [0.29, 0.717) is 18.5 Å². The first-order chi connectivity index (χ1) is 9.28. The summed E-state index contributed by atoms with van der Waals surface area (Å²) in [6.07, 6.45) is 3.90. The van der Waals surface area contributed by atoms with Crippen LogP contribution < -0.4 is 5.32 Å². The van der Waals surface area contributed by atoms with Crippen molar-refractivity contribution in [1.29, 1.82) is 0 Å². The Balaban J connectivity index is 1.76. The maximum atomic E-state index is 11.6. The van der Waals surface area contributed by atoms with Crippen molar-refractivity contribution in [3.63, 3.8) is 0 Å². The Morgan fingerprint density at radius 3 is 3.05 bits per heavy atom. The van der Waals surface area contributed by atoms with Crippen LogP contribution in [0.1, 0.15) is 43.4 Å². The molecule has 3 rings (SSSR count). The fraction of sp³-hybridized carbons (Fsp3) is 0.562. The Bertz CT molecular complexity index is 472. The van der Waals surface area contributed by atoms with Crippen molar-refractivity contribution in [1.82, 2.24) is 10.2 Å². The number of carbonyl (C=O) groups is 1. The van der Waals surface area contributed by atoms with Crippen LogP contribution in [-0.4, -0.2) is 29.9 Å². The van der Waals surface area contributed by atoms with Gasteiger partial charge in [0.25, 0.3) is 0 Å². The van der Waals surface area contributed by atoms with Gasteiger partial charge in [-0.3, -0.25) is 9.69 Å². The Kier molecular flexibility index (Phi) is 3.56. The molecule has 1 fully saturated rings. The van der Waals surface area contributed by atoms with E-state index in [1.54, 1.807) is 0 Å². The van der Waals surface area contributed by atoms with E-state index < -0.39 is 0 Å². The quantitative estimate of drug-likeness (QED) is 0.882. The van der Waals surface area contributed by atoms with Crippen molar-refractivity contribution >= 4 is 5.91 Å². The molecule has 19 heavy (non-hydrogen) atoms. The van der Waals surface area contributed by atoms with Crippen molar-refractivity contribution in [2.45, 2.75) is 44.7 Å². The van der Waals surface area contributed by atoms with Gasteiger partial charge < -0.3 is 5.32 Å². The van der Waals surface area contributed by atoms with Crippen molar-refractivity contribution in [2.75, 3.05) is 13.1 Å². The van der Waals surface area contributed by atoms with Gasteiger partial charge in [0.1, 0.15) is 0 Å². The molecule has 2 heterocycles. The molecule has 2 aliphatic heterocycles. The molecule has 0 bridgehead atoms. The number of amides is 1. The lowest BCUT2D eigenvalue weighted by Crippen LogP contribution is -2.48. The van der Waals surface area contributed by atoms with Gasteiger partial charge in [-0.05, 0) is 30.4 Å². The summed E-state index contributed by atoms with van der Waals surface area (Å²) < 4.78 is 0. The number of carbonyl (C=O) groups excluding carboxylic acids is 1. The summed E-state index contributed by atoms with van der Waals surface area (Å²) in [6, 6.07) is 9.63. The van der Waals surface area contributed by atoms with Crippen LogP contribution in [0.25, 0.3) is 0 Å². The highest BCUT2D eigenvalue weighted by Crippen LogP contribution is 2.36. The second-order valence-corrected chi connectivity index (χ2v) is 5.64. The lowest BCUT2D eigenvalue weighted by molar-refractivity contribution is -0.122. The summed E-state index contributed by atoms with van der Waals surface area (Å²) in [4.78, 5) is 14.1. The number of benzene rings is 1. The Hall–Kier alpha value is -1.35. The van der Waals surface area contributed by atoms with Crippen molar-refractivity contribution in [3.05, 3.63) is 35.4 Å². The number of nitrogens with one attached hydrogen (secondary N) is 1. The van der Waals surface area contributed by atoms with Gasteiger partial charge in [0.2, 0.25) is 5.91 Å². The van der Waals surface area contributed by atoms with Crippen molar-refractivity contribution in [2.24, 2.45) is 0 Å². The van der Waals surface area contributed by atoms with Gasteiger partial charge >= 0.3 is 0 Å². The number of hydrogen-bond donors (Lipinski definition) is 1. The molecule has 3 nitrogen and oxygen atoms in total. The highest BCUT2D eigenvalue weighted by molar-refractivity contribution is 5.75. The molecule has 1 amide bonds. The Morgan fingerprint density at radius 1 is 1.37 bits per heavy atom. The summed E-state index contributed by atoms with van der Waals surface area (Å²) in [5.74, 6) is 0.183. The molecule has 0 radical (unpaired) electrons. The summed E-state index contributed by atoms with van der Waals surface area (Å²) in [5, 5.41) is 3.17. The molecule has 2 atom stereocenters. The summed E-state index contributed by atoms with van der Waals surface area (Å²) >= 11 is 0. The maximum absolute atomic E-state index is 11.6. The van der Waals surface area contributed by atoms with Crippen LogP contribution >= 0.6 is 0 Å². The number of hydrogen-bond acceptors (Lipinski definition) is 2. The smallest absolute Gasteiger partial charge is 0.219 e. The molecule has 1 aromatic carbocycles. The molecule has 1 saturated heterocycles. The normalized spacial score (nSPS) is 26.4. The average molecular weight is 258 g/mol. The molecule has 2 unspecified atom stereocenters. The minimum atomic E-state index is 0.183. The molecule has 2 aliphatic rings. The topological polar surface area (TPSA) is 32.3 Å². The highest BCUT2D eigenvalue weighted by Gasteiger charge is 2.33. The Labute approximate surface area is 115 Å². The molecule has 0 aliphatic carbocycles. The second kappa shape index (κ2) is 5.33. The van der Waals surface area contributed by atoms with Crippen LogP contribution in [0.2, 0.25) is 0 Å². The summed E-state index contributed by atoms with van der Waals surface area (Å²) in [6.45, 7) is 4.18. The van der Waals surface area contributed by atoms with Gasteiger partial charge in [0.15, 0.2) is 0 Å². The molecule has 1 N–H and O–H groups in total. The SMILES string of the molecule is CCC(=O)NC1CCN2CCc3ccccc3C2C1. The van der Waals surface area contributed by atoms with Gasteiger partial charge in [0, 0.05) is 31.6 Å². The lowest BCUT2D eigenvalue weighted by Gasteiger charge is -2.43. The zero-order valence-corrected chi connectivity index (χ0v) is 11.6. The monoisotopic (exact) mass is 258 g/mol. The molecule has 0 aromatic heterocycles. The molecular weight excluding hydrogens is 236 g/mol. The van der Waals surface area contributed by atoms with Crippen LogP contribution in [0, 0.1) is 0 Å². The maximum Gasteiger partial charge on any atom is 0.219 e. The standard InChI is InChI=1S/C16H22N2O/c1-2-16(19)17-13-8-10-18-9-7-12-5-3-4-6-14(12)15(18)11-13/h3-6,13,15H,2,7-11H2,1H3,(H,17,19). The van der Waals surface area contributed by atoms with Gasteiger partial charge in [-0.2, -0.15) is 0 Å². The molecular formula is C16H22N2O. The highest BCUT2D eigenvalue weighted by atomic mass is 16.1. The van der Waals surface area contributed by atoms with E-state index in [4.69, 9.17) is 0 Å². The third-order valence-electron chi connectivity index (χ3n) is 4.48. The average Bonchev–Trinajstić information content (AvgIpc) is 2.47. The first kappa shape index (κ1) is 12.7. The van der Waals surface area contributed by atoms with E-state index in [9.17, 15) is 4.79 Å². The minimum Gasteiger partial charge on any atom is -0.353 e. The zero-order chi connectivity index (χ0) is 13.2. The predicted molar refractivity (Wildman–Crippen MR) is 75.9 cm³/mol. The van der Waals surface area contributed by atoms with Crippen LogP contribution in [0.15, 0.2) is 24.3 Å². The first-order valence-electron chi connectivity index (χ1n) is 7.39. The number of nitrogens with zero attached hydrogens (tertiary/aromatic N) is 1. The van der Waals surface area contributed by atoms with Crippen LogP contribution in [0.3, 0.4) is 0 Å². The number of piperidine rings is 1. The number of fused-ring (bicyclic) bond motifs is 3. The van der Waals surface area contributed by atoms with Gasteiger partial charge in [-0.1, -0.05) is 31.2 Å². The summed E-state index contributed by atoms with van der Waals surface area (Å²) in [5.41, 5.74) is 2.97. The summed E-state index contributed by atoms with van der Waals surface area (Å²) in [7, 11) is 0. The predicted octanol–water partition coefficient (Wildman–Crippen LogP) is 2.27. The lowest BCUT2D eigenvalue weighted by atomic mass is 9.85. The molecule has 102 valence electrons. The third kappa shape index (κ3) is 2.52. The Morgan fingerprint density at radius 2 is 2.21 bits per heavy atom. The van der Waals surface area contributed by atoms with E-state index in [2.05, 4.69) is 34.5 Å². The van der Waals surface area contributed by atoms with E-state index in [-0.39, 0.29) is 5.91 Å². The van der Waals surface area contributed by atoms with Crippen LogP contribution in [-0.2, 0) is 11.2 Å². The van der Waals surface area contributed by atoms with Crippen molar-refractivity contribution < 1.29 is 4.79 Å². The molecule has 1 aromatic rings. The zero-order valence-electron chi connectivity index (χ0n) is 11.6. The number of rotatable bonds is 2. The van der Waals surface area contributed by atoms with Gasteiger partial charge in [-0.25, -0.2) is 0 Å². The van der Waals surface area contributed by atoms with E-state index in [0.717, 1.165) is 25.9 Å². The van der Waals surface area contributed by atoms with Crippen molar-refractivity contribution in [3.8, 4) is 0 Å². The molecule has 3 heteroatoms. The molecule has 0 saturated carbocycles. The fourth-order valence-electron chi connectivity index (χ4n) is 3.42. The van der Waals surface area contributed by atoms with Gasteiger partial charge in [0.05, 0.1) is 0 Å². The largest absolute Gasteiger partial charge is 0.353 e. The second-order valence-electron chi connectivity index (χ2n) is 5.64. The third-order valence-corrected chi connectivity index (χ3v) is 4.48. The van der Waals surface area contributed by atoms with E-state index >= 15 is 0 Å². The molecule has 0 spiro atoms. The minimum absolute atomic E-state index is 0.183. The fourth-order valence-corrected chi connectivity index (χ4v) is 3.42. The van der Waals surface area contributed by atoms with E-state index in [1.165, 1.54) is 17.5 Å².